The molecule has 0 heterocycles. The first-order valence-electron chi connectivity index (χ1n) is 9.84. The Labute approximate surface area is 148 Å². The number of hydrogen-bond acceptors (Lipinski definition) is 3. The average molecular weight is 337 g/mol. The molecule has 0 amide bonds. The van der Waals surface area contributed by atoms with Crippen LogP contribution in [0.25, 0.3) is 0 Å². The molecule has 2 rings (SSSR count). The fourth-order valence-electron chi connectivity index (χ4n) is 4.73. The number of carbonyl (C=O) groups excluding carboxylic acids is 1. The van der Waals surface area contributed by atoms with Crippen molar-refractivity contribution in [2.24, 2.45) is 23.2 Å². The second kappa shape index (κ2) is 9.03. The van der Waals surface area contributed by atoms with Crippen molar-refractivity contribution in [3.8, 4) is 0 Å². The second-order valence-corrected chi connectivity index (χ2v) is 8.49. The zero-order valence-electron chi connectivity index (χ0n) is 15.9. The van der Waals surface area contributed by atoms with Crippen molar-refractivity contribution >= 4 is 5.97 Å². The van der Waals surface area contributed by atoms with Gasteiger partial charge in [-0.15, -0.1) is 0 Å². The highest BCUT2D eigenvalue weighted by Gasteiger charge is 2.40. The van der Waals surface area contributed by atoms with Crippen molar-refractivity contribution < 1.29 is 14.3 Å². The van der Waals surface area contributed by atoms with Gasteiger partial charge in [0.2, 0.25) is 0 Å². The summed E-state index contributed by atoms with van der Waals surface area (Å²) < 4.78 is 10.9. The van der Waals surface area contributed by atoms with Gasteiger partial charge in [0.1, 0.15) is 6.61 Å². The van der Waals surface area contributed by atoms with Crippen molar-refractivity contribution in [3.63, 3.8) is 0 Å². The van der Waals surface area contributed by atoms with E-state index >= 15 is 0 Å². The smallest absolute Gasteiger partial charge is 0.330 e. The van der Waals surface area contributed by atoms with E-state index in [2.05, 4.69) is 27.4 Å². The highest BCUT2D eigenvalue weighted by atomic mass is 16.6. The summed E-state index contributed by atoms with van der Waals surface area (Å²) >= 11 is 0. The monoisotopic (exact) mass is 336 g/mol. The van der Waals surface area contributed by atoms with Crippen LogP contribution in [0.15, 0.2) is 12.7 Å². The van der Waals surface area contributed by atoms with Crippen LogP contribution in [0, 0.1) is 23.2 Å². The predicted octanol–water partition coefficient (Wildman–Crippen LogP) is 5.14. The highest BCUT2D eigenvalue weighted by molar-refractivity contribution is 5.81. The van der Waals surface area contributed by atoms with E-state index in [-0.39, 0.29) is 5.97 Å². The van der Waals surface area contributed by atoms with Gasteiger partial charge in [-0.05, 0) is 61.7 Å². The summed E-state index contributed by atoms with van der Waals surface area (Å²) in [5, 5.41) is 0. The molecule has 0 aromatic heterocycles. The molecule has 0 aliphatic heterocycles. The van der Waals surface area contributed by atoms with Crippen LogP contribution in [-0.4, -0.2) is 25.3 Å². The molecule has 0 bridgehead atoms. The van der Waals surface area contributed by atoms with Gasteiger partial charge < -0.3 is 9.47 Å². The van der Waals surface area contributed by atoms with Gasteiger partial charge in [0, 0.05) is 6.08 Å². The van der Waals surface area contributed by atoms with Gasteiger partial charge in [0.15, 0.2) is 0 Å². The van der Waals surface area contributed by atoms with E-state index in [0.717, 1.165) is 30.6 Å². The number of ether oxygens (including phenoxy) is 2. The molecule has 2 aliphatic carbocycles. The number of carbonyl (C=O) groups is 1. The van der Waals surface area contributed by atoms with E-state index in [1.54, 1.807) is 0 Å². The zero-order valence-corrected chi connectivity index (χ0v) is 15.9. The molecular weight excluding hydrogens is 300 g/mol. The van der Waals surface area contributed by atoms with Crippen LogP contribution < -0.4 is 0 Å². The molecule has 0 N–H and O–H groups in total. The topological polar surface area (TPSA) is 35.5 Å². The first-order valence-corrected chi connectivity index (χ1v) is 9.84. The quantitative estimate of drug-likeness (QED) is 0.367. The Morgan fingerprint density at radius 1 is 1.00 bits per heavy atom. The number of hydrogen-bond donors (Lipinski definition) is 0. The van der Waals surface area contributed by atoms with Crippen LogP contribution in [0.4, 0.5) is 0 Å². The lowest BCUT2D eigenvalue weighted by atomic mass is 9.60. The molecule has 0 aromatic rings. The molecule has 3 heteroatoms. The average Bonchev–Trinajstić information content (AvgIpc) is 2.59. The molecule has 0 spiro atoms. The summed E-state index contributed by atoms with van der Waals surface area (Å²) in [6.07, 6.45) is 12.0. The Hall–Kier alpha value is -0.830. The maximum absolute atomic E-state index is 11.0. The van der Waals surface area contributed by atoms with E-state index in [4.69, 9.17) is 9.47 Å². The van der Waals surface area contributed by atoms with Crippen LogP contribution in [0.5, 0.6) is 0 Å². The summed E-state index contributed by atoms with van der Waals surface area (Å²) in [6, 6.07) is 0. The van der Waals surface area contributed by atoms with Crippen LogP contribution in [0.1, 0.15) is 72.1 Å². The lowest BCUT2D eigenvalue weighted by molar-refractivity contribution is -0.140. The third kappa shape index (κ3) is 5.34. The van der Waals surface area contributed by atoms with Crippen molar-refractivity contribution in [1.82, 2.24) is 0 Å². The van der Waals surface area contributed by atoms with Crippen molar-refractivity contribution in [2.75, 3.05) is 13.2 Å². The van der Waals surface area contributed by atoms with Crippen LogP contribution in [0.2, 0.25) is 0 Å². The molecule has 2 fully saturated rings. The lowest BCUT2D eigenvalue weighted by Gasteiger charge is -2.46. The fourth-order valence-corrected chi connectivity index (χ4v) is 4.73. The summed E-state index contributed by atoms with van der Waals surface area (Å²) in [5.41, 5.74) is 0.463. The molecule has 3 nitrogen and oxygen atoms in total. The minimum atomic E-state index is -0.370. The van der Waals surface area contributed by atoms with E-state index in [1.165, 1.54) is 44.6 Å². The Morgan fingerprint density at radius 3 is 2.08 bits per heavy atom. The summed E-state index contributed by atoms with van der Waals surface area (Å²) in [4.78, 5) is 11.0. The van der Waals surface area contributed by atoms with E-state index in [1.807, 2.05) is 0 Å². The van der Waals surface area contributed by atoms with Crippen LogP contribution in [-0.2, 0) is 14.3 Å². The SMILES string of the molecule is C=CC(=O)OCCOC1CCC(C(C)(C)C2CCC(C)CC2)CC1. The predicted molar refractivity (Wildman–Crippen MR) is 97.8 cm³/mol. The molecule has 0 unspecified atom stereocenters. The first-order chi connectivity index (χ1) is 11.4. The lowest BCUT2D eigenvalue weighted by Crippen LogP contribution is -2.38. The fraction of sp³-hybridized carbons (Fsp3) is 0.857. The normalized spacial score (nSPS) is 31.5. The Balaban J connectivity index is 1.69. The molecule has 2 aliphatic rings. The Morgan fingerprint density at radius 2 is 1.54 bits per heavy atom. The Bertz CT molecular complexity index is 399. The van der Waals surface area contributed by atoms with Gasteiger partial charge in [0.25, 0.3) is 0 Å². The van der Waals surface area contributed by atoms with Gasteiger partial charge in [-0.1, -0.05) is 40.2 Å². The van der Waals surface area contributed by atoms with Crippen molar-refractivity contribution in [2.45, 2.75) is 78.2 Å². The van der Waals surface area contributed by atoms with E-state index in [0.29, 0.717) is 24.7 Å². The van der Waals surface area contributed by atoms with Gasteiger partial charge in [0.05, 0.1) is 12.7 Å². The largest absolute Gasteiger partial charge is 0.460 e. The van der Waals surface area contributed by atoms with Gasteiger partial charge in [-0.3, -0.25) is 0 Å². The van der Waals surface area contributed by atoms with Crippen molar-refractivity contribution in [3.05, 3.63) is 12.7 Å². The van der Waals surface area contributed by atoms with E-state index in [9.17, 15) is 4.79 Å². The maximum atomic E-state index is 11.0. The van der Waals surface area contributed by atoms with Gasteiger partial charge in [-0.2, -0.15) is 0 Å². The zero-order chi connectivity index (χ0) is 17.6. The van der Waals surface area contributed by atoms with Crippen LogP contribution in [0.3, 0.4) is 0 Å². The second-order valence-electron chi connectivity index (χ2n) is 8.49. The Kier molecular flexibility index (Phi) is 7.34. The third-order valence-electron chi connectivity index (χ3n) is 6.64. The van der Waals surface area contributed by atoms with Crippen LogP contribution >= 0.6 is 0 Å². The van der Waals surface area contributed by atoms with Gasteiger partial charge >= 0.3 is 5.97 Å². The molecule has 0 atom stereocenters. The summed E-state index contributed by atoms with van der Waals surface area (Å²) in [7, 11) is 0. The van der Waals surface area contributed by atoms with E-state index < -0.39 is 0 Å². The summed E-state index contributed by atoms with van der Waals surface area (Å²) in [5.74, 6) is 2.28. The summed E-state index contributed by atoms with van der Waals surface area (Å²) in [6.45, 7) is 11.6. The molecular formula is C21H36O3. The maximum Gasteiger partial charge on any atom is 0.330 e. The standard InChI is InChI=1S/C21H36O3/c1-5-20(22)24-15-14-23-19-12-10-18(11-13-19)21(3,4)17-8-6-16(2)7-9-17/h5,16-19H,1,6-15H2,2-4H3. The minimum absolute atomic E-state index is 0.330. The molecule has 138 valence electrons. The number of rotatable bonds is 7. The molecule has 2 saturated carbocycles. The molecule has 0 saturated heterocycles. The minimum Gasteiger partial charge on any atom is -0.460 e. The third-order valence-corrected chi connectivity index (χ3v) is 6.64. The highest BCUT2D eigenvalue weighted by Crippen LogP contribution is 2.49. The number of esters is 1. The molecule has 0 aromatic carbocycles. The van der Waals surface area contributed by atoms with Crippen molar-refractivity contribution in [1.29, 1.82) is 0 Å². The molecule has 0 radical (unpaired) electrons. The van der Waals surface area contributed by atoms with Gasteiger partial charge in [-0.25, -0.2) is 4.79 Å². The first kappa shape index (κ1) is 19.5. The molecule has 24 heavy (non-hydrogen) atoms.